The van der Waals surface area contributed by atoms with Crippen LogP contribution in [0.5, 0.6) is 11.5 Å². The van der Waals surface area contributed by atoms with Crippen LogP contribution in [0.25, 0.3) is 20.8 Å². The van der Waals surface area contributed by atoms with E-state index in [2.05, 4.69) is 4.98 Å². The Morgan fingerprint density at radius 3 is 2.60 bits per heavy atom. The van der Waals surface area contributed by atoms with E-state index in [1.165, 1.54) is 11.3 Å². The number of hydrogen-bond acceptors (Lipinski definition) is 5. The topological polar surface area (TPSA) is 62.7 Å². The fourth-order valence-corrected chi connectivity index (χ4v) is 3.72. The number of carbonyl (C=O) groups excluding carboxylic acids is 1. The molecule has 0 saturated carbocycles. The van der Waals surface area contributed by atoms with Crippen LogP contribution in [0.1, 0.15) is 24.2 Å². The molecule has 25 heavy (non-hydrogen) atoms. The summed E-state index contributed by atoms with van der Waals surface area (Å²) in [5.41, 5.74) is 2.12. The molecule has 2 aromatic carbocycles. The maximum Gasteiger partial charge on any atom is 0.253 e. The van der Waals surface area contributed by atoms with Crippen LogP contribution in [0.4, 0.5) is 0 Å². The number of aromatic nitrogens is 1. The third-order valence-electron chi connectivity index (χ3n) is 4.12. The van der Waals surface area contributed by atoms with Crippen molar-refractivity contribution in [1.29, 1.82) is 0 Å². The average Bonchev–Trinajstić information content (AvgIpc) is 3.05. The SMILES string of the molecule is CCN(CC)C(=O)c1ccc2nc(-c3ccc(OC)cc3O)sc2c1. The zero-order valence-corrected chi connectivity index (χ0v) is 15.3. The van der Waals surface area contributed by atoms with Gasteiger partial charge >= 0.3 is 0 Å². The summed E-state index contributed by atoms with van der Waals surface area (Å²) in [7, 11) is 1.56. The van der Waals surface area contributed by atoms with E-state index in [0.717, 1.165) is 10.2 Å². The van der Waals surface area contributed by atoms with E-state index in [4.69, 9.17) is 4.74 Å². The van der Waals surface area contributed by atoms with Gasteiger partial charge in [-0.25, -0.2) is 4.98 Å². The molecule has 1 N–H and O–H groups in total. The van der Waals surface area contributed by atoms with Crippen LogP contribution >= 0.6 is 11.3 Å². The largest absolute Gasteiger partial charge is 0.507 e. The number of methoxy groups -OCH3 is 1. The van der Waals surface area contributed by atoms with Crippen LogP contribution < -0.4 is 4.74 Å². The molecule has 3 rings (SSSR count). The van der Waals surface area contributed by atoms with Gasteiger partial charge < -0.3 is 14.7 Å². The molecule has 0 aliphatic heterocycles. The number of nitrogens with zero attached hydrogens (tertiary/aromatic N) is 2. The van der Waals surface area contributed by atoms with E-state index in [0.29, 0.717) is 35.0 Å². The molecule has 3 aromatic rings. The van der Waals surface area contributed by atoms with Gasteiger partial charge in [0.25, 0.3) is 5.91 Å². The van der Waals surface area contributed by atoms with Crippen molar-refractivity contribution in [2.45, 2.75) is 13.8 Å². The summed E-state index contributed by atoms with van der Waals surface area (Å²) < 4.78 is 6.03. The van der Waals surface area contributed by atoms with Crippen molar-refractivity contribution in [2.24, 2.45) is 0 Å². The Balaban J connectivity index is 1.99. The minimum Gasteiger partial charge on any atom is -0.507 e. The molecule has 0 bridgehead atoms. The van der Waals surface area contributed by atoms with Crippen LogP contribution in [0.15, 0.2) is 36.4 Å². The maximum absolute atomic E-state index is 12.5. The van der Waals surface area contributed by atoms with E-state index >= 15 is 0 Å². The fourth-order valence-electron chi connectivity index (χ4n) is 2.69. The van der Waals surface area contributed by atoms with Crippen molar-refractivity contribution in [3.63, 3.8) is 0 Å². The Kier molecular flexibility index (Phi) is 4.90. The molecule has 0 spiro atoms. The number of aromatic hydroxyl groups is 1. The van der Waals surface area contributed by atoms with Crippen molar-refractivity contribution in [3.05, 3.63) is 42.0 Å². The third kappa shape index (κ3) is 3.30. The Hall–Kier alpha value is -2.60. The lowest BCUT2D eigenvalue weighted by molar-refractivity contribution is 0.0773. The quantitative estimate of drug-likeness (QED) is 0.746. The number of phenolic OH excluding ortho intramolecular Hbond substituents is 1. The average molecular weight is 356 g/mol. The van der Waals surface area contributed by atoms with Crippen LogP contribution in [-0.4, -0.2) is 41.1 Å². The maximum atomic E-state index is 12.5. The standard InChI is InChI=1S/C19H20N2O3S/c1-4-21(5-2)19(23)12-6-9-15-17(10-12)25-18(20-15)14-8-7-13(24-3)11-16(14)22/h6-11,22H,4-5H2,1-3H3. The second kappa shape index (κ2) is 7.11. The molecule has 0 unspecified atom stereocenters. The van der Waals surface area contributed by atoms with Crippen molar-refractivity contribution < 1.29 is 14.6 Å². The van der Waals surface area contributed by atoms with Gasteiger partial charge in [-0.1, -0.05) is 0 Å². The molecule has 1 heterocycles. The Bertz CT molecular complexity index is 916. The number of fused-ring (bicyclic) bond motifs is 1. The molecule has 0 atom stereocenters. The van der Waals surface area contributed by atoms with E-state index in [-0.39, 0.29) is 11.7 Å². The first-order chi connectivity index (χ1) is 12.1. The monoisotopic (exact) mass is 356 g/mol. The number of benzene rings is 2. The molecule has 0 aliphatic carbocycles. The summed E-state index contributed by atoms with van der Waals surface area (Å²) in [6.45, 7) is 5.30. The number of thiazole rings is 1. The second-order valence-electron chi connectivity index (χ2n) is 5.56. The molecule has 0 saturated heterocycles. The normalized spacial score (nSPS) is 10.8. The van der Waals surface area contributed by atoms with Gasteiger partial charge in [0.2, 0.25) is 0 Å². The Morgan fingerprint density at radius 2 is 1.96 bits per heavy atom. The highest BCUT2D eigenvalue weighted by Gasteiger charge is 2.16. The predicted octanol–water partition coefficient (Wildman–Crippen LogP) is 4.16. The molecule has 0 aliphatic rings. The number of carbonyl (C=O) groups is 1. The highest BCUT2D eigenvalue weighted by atomic mass is 32.1. The van der Waals surface area contributed by atoms with Gasteiger partial charge in [-0.15, -0.1) is 11.3 Å². The third-order valence-corrected chi connectivity index (χ3v) is 5.17. The van der Waals surface area contributed by atoms with Crippen LogP contribution in [0, 0.1) is 0 Å². The van der Waals surface area contributed by atoms with E-state index < -0.39 is 0 Å². The van der Waals surface area contributed by atoms with E-state index in [1.807, 2.05) is 26.0 Å². The first-order valence-electron chi connectivity index (χ1n) is 8.14. The number of ether oxygens (including phenoxy) is 1. The van der Waals surface area contributed by atoms with E-state index in [1.54, 1.807) is 36.3 Å². The highest BCUT2D eigenvalue weighted by Crippen LogP contribution is 2.37. The first-order valence-corrected chi connectivity index (χ1v) is 8.96. The lowest BCUT2D eigenvalue weighted by Crippen LogP contribution is -2.30. The van der Waals surface area contributed by atoms with Gasteiger partial charge in [-0.05, 0) is 44.2 Å². The van der Waals surface area contributed by atoms with Gasteiger partial charge in [-0.3, -0.25) is 4.79 Å². The van der Waals surface area contributed by atoms with Crippen LogP contribution in [-0.2, 0) is 0 Å². The summed E-state index contributed by atoms with van der Waals surface area (Å²) in [6, 6.07) is 10.7. The van der Waals surface area contributed by atoms with Crippen LogP contribution in [0.2, 0.25) is 0 Å². The molecule has 1 aromatic heterocycles. The highest BCUT2D eigenvalue weighted by molar-refractivity contribution is 7.21. The lowest BCUT2D eigenvalue weighted by atomic mass is 10.2. The number of rotatable bonds is 5. The summed E-state index contributed by atoms with van der Waals surface area (Å²) in [4.78, 5) is 18.9. The molecule has 0 fully saturated rings. The minimum atomic E-state index is 0.0224. The van der Waals surface area contributed by atoms with E-state index in [9.17, 15) is 9.90 Å². The smallest absolute Gasteiger partial charge is 0.253 e. The molecular formula is C19H20N2O3S. The van der Waals surface area contributed by atoms with Gasteiger partial charge in [0.15, 0.2) is 0 Å². The summed E-state index contributed by atoms with van der Waals surface area (Å²) in [6.07, 6.45) is 0. The van der Waals surface area contributed by atoms with Crippen molar-refractivity contribution in [1.82, 2.24) is 9.88 Å². The minimum absolute atomic E-state index is 0.0224. The zero-order valence-electron chi connectivity index (χ0n) is 14.4. The van der Waals surface area contributed by atoms with Crippen molar-refractivity contribution >= 4 is 27.5 Å². The van der Waals surface area contributed by atoms with Gasteiger partial charge in [0, 0.05) is 24.7 Å². The van der Waals surface area contributed by atoms with Gasteiger partial charge in [0.05, 0.1) is 22.9 Å². The summed E-state index contributed by atoms with van der Waals surface area (Å²) in [5, 5.41) is 10.9. The number of phenols is 1. The molecule has 6 heteroatoms. The molecule has 130 valence electrons. The second-order valence-corrected chi connectivity index (χ2v) is 6.59. The summed E-state index contributed by atoms with van der Waals surface area (Å²) >= 11 is 1.45. The Labute approximate surface area is 150 Å². The van der Waals surface area contributed by atoms with Gasteiger partial charge in [0.1, 0.15) is 16.5 Å². The van der Waals surface area contributed by atoms with Crippen molar-refractivity contribution in [2.75, 3.05) is 20.2 Å². The molecule has 1 amide bonds. The zero-order chi connectivity index (χ0) is 18.0. The fraction of sp³-hybridized carbons (Fsp3) is 0.263. The first kappa shape index (κ1) is 17.2. The summed E-state index contributed by atoms with van der Waals surface area (Å²) in [5.74, 6) is 0.737. The Morgan fingerprint density at radius 1 is 1.20 bits per heavy atom. The molecule has 0 radical (unpaired) electrons. The predicted molar refractivity (Wildman–Crippen MR) is 101 cm³/mol. The molecule has 5 nitrogen and oxygen atoms in total. The lowest BCUT2D eigenvalue weighted by Gasteiger charge is -2.18. The molecular weight excluding hydrogens is 336 g/mol. The van der Waals surface area contributed by atoms with Crippen LogP contribution in [0.3, 0.4) is 0 Å². The number of amides is 1. The van der Waals surface area contributed by atoms with Crippen molar-refractivity contribution in [3.8, 4) is 22.1 Å². The number of hydrogen-bond donors (Lipinski definition) is 1. The van der Waals surface area contributed by atoms with Gasteiger partial charge in [-0.2, -0.15) is 0 Å².